The van der Waals surface area contributed by atoms with Gasteiger partial charge < -0.3 is 9.84 Å². The standard InChI is InChI=1S/C21H31N3O2/c1-21-10-9-14-15(17(21)7-8-20(21)25)6-5-13-11-19(26-4)18(12-16(13)14)22-23-24(2)3/h11-12,14-15,17,20,25H,5-10H2,1-4H3/b23-22+. The fraction of sp³-hybridized carbons (Fsp3) is 0.714. The number of nitrogens with zero attached hydrogens (tertiary/aromatic N) is 3. The molecule has 142 valence electrons. The molecule has 0 heterocycles. The summed E-state index contributed by atoms with van der Waals surface area (Å²) >= 11 is 0. The lowest BCUT2D eigenvalue weighted by Gasteiger charge is -2.50. The average molecular weight is 357 g/mol. The molecule has 3 aliphatic carbocycles. The van der Waals surface area contributed by atoms with Gasteiger partial charge >= 0.3 is 0 Å². The van der Waals surface area contributed by atoms with E-state index in [9.17, 15) is 5.11 Å². The average Bonchev–Trinajstić information content (AvgIpc) is 2.94. The summed E-state index contributed by atoms with van der Waals surface area (Å²) < 4.78 is 5.57. The highest BCUT2D eigenvalue weighted by molar-refractivity contribution is 5.57. The third kappa shape index (κ3) is 2.72. The Hall–Kier alpha value is -1.62. The van der Waals surface area contributed by atoms with Crippen LogP contribution < -0.4 is 4.74 Å². The second-order valence-corrected chi connectivity index (χ2v) is 8.81. The van der Waals surface area contributed by atoms with E-state index in [-0.39, 0.29) is 11.5 Å². The zero-order valence-corrected chi connectivity index (χ0v) is 16.4. The minimum Gasteiger partial charge on any atom is -0.494 e. The van der Waals surface area contributed by atoms with Gasteiger partial charge in [-0.1, -0.05) is 12.1 Å². The summed E-state index contributed by atoms with van der Waals surface area (Å²) in [5, 5.41) is 20.8. The number of aliphatic hydroxyl groups excluding tert-OH is 1. The molecule has 5 atom stereocenters. The first-order valence-corrected chi connectivity index (χ1v) is 9.92. The first kappa shape index (κ1) is 17.8. The van der Waals surface area contributed by atoms with E-state index in [4.69, 9.17) is 4.74 Å². The van der Waals surface area contributed by atoms with Crippen molar-refractivity contribution < 1.29 is 9.84 Å². The fourth-order valence-corrected chi connectivity index (χ4v) is 5.94. The summed E-state index contributed by atoms with van der Waals surface area (Å²) in [4.78, 5) is 0. The Labute approximate surface area is 156 Å². The summed E-state index contributed by atoms with van der Waals surface area (Å²) in [6.45, 7) is 2.33. The van der Waals surface area contributed by atoms with Gasteiger partial charge in [0, 0.05) is 14.1 Å². The Morgan fingerprint density at radius 1 is 1.19 bits per heavy atom. The second kappa shape index (κ2) is 6.52. The molecule has 5 nitrogen and oxygen atoms in total. The van der Waals surface area contributed by atoms with Gasteiger partial charge in [0.2, 0.25) is 0 Å². The maximum Gasteiger partial charge on any atom is 0.146 e. The summed E-state index contributed by atoms with van der Waals surface area (Å²) in [5.74, 6) is 2.73. The molecule has 0 spiro atoms. The number of methoxy groups -OCH3 is 1. The van der Waals surface area contributed by atoms with Gasteiger partial charge in [-0.15, -0.1) is 5.11 Å². The Morgan fingerprint density at radius 3 is 2.73 bits per heavy atom. The molecule has 4 rings (SSSR count). The molecule has 0 amide bonds. The summed E-state index contributed by atoms with van der Waals surface area (Å²) in [6.07, 6.45) is 6.65. The van der Waals surface area contributed by atoms with Gasteiger partial charge in [0.15, 0.2) is 0 Å². The van der Waals surface area contributed by atoms with Crippen LogP contribution in [-0.4, -0.2) is 37.4 Å². The third-order valence-electron chi connectivity index (χ3n) is 7.31. The van der Waals surface area contributed by atoms with Crippen LogP contribution >= 0.6 is 0 Å². The number of aliphatic hydroxyl groups is 1. The van der Waals surface area contributed by atoms with E-state index in [0.717, 1.165) is 37.1 Å². The summed E-state index contributed by atoms with van der Waals surface area (Å²) in [6, 6.07) is 4.39. The van der Waals surface area contributed by atoms with Crippen molar-refractivity contribution in [2.75, 3.05) is 21.2 Å². The van der Waals surface area contributed by atoms with Gasteiger partial charge in [0.05, 0.1) is 13.2 Å². The van der Waals surface area contributed by atoms with Gasteiger partial charge in [0.25, 0.3) is 0 Å². The van der Waals surface area contributed by atoms with Crippen molar-refractivity contribution in [2.24, 2.45) is 27.6 Å². The molecule has 2 fully saturated rings. The van der Waals surface area contributed by atoms with E-state index >= 15 is 0 Å². The highest BCUT2D eigenvalue weighted by Gasteiger charge is 2.54. The minimum absolute atomic E-state index is 0.116. The van der Waals surface area contributed by atoms with Crippen molar-refractivity contribution in [1.82, 2.24) is 5.01 Å². The van der Waals surface area contributed by atoms with Crippen LogP contribution in [0.1, 0.15) is 56.1 Å². The maximum absolute atomic E-state index is 10.6. The van der Waals surface area contributed by atoms with Gasteiger partial charge in [0.1, 0.15) is 11.4 Å². The molecule has 5 heteroatoms. The molecule has 0 radical (unpaired) electrons. The number of fused-ring (bicyclic) bond motifs is 5. The van der Waals surface area contributed by atoms with Gasteiger partial charge in [-0.05, 0) is 85.0 Å². The van der Waals surface area contributed by atoms with Crippen LogP contribution in [0.4, 0.5) is 5.69 Å². The number of hydrogen-bond acceptors (Lipinski definition) is 4. The molecular formula is C21H31N3O2. The quantitative estimate of drug-likeness (QED) is 0.641. The highest BCUT2D eigenvalue weighted by atomic mass is 16.5. The molecule has 3 aliphatic rings. The normalized spacial score (nSPS) is 35.7. The zero-order chi connectivity index (χ0) is 18.5. The molecule has 0 saturated heterocycles. The zero-order valence-electron chi connectivity index (χ0n) is 16.4. The van der Waals surface area contributed by atoms with E-state index in [1.807, 2.05) is 14.1 Å². The van der Waals surface area contributed by atoms with E-state index in [0.29, 0.717) is 17.8 Å². The minimum atomic E-state index is -0.116. The van der Waals surface area contributed by atoms with E-state index < -0.39 is 0 Å². The first-order chi connectivity index (χ1) is 12.4. The Bertz CT molecular complexity index is 717. The predicted octanol–water partition coefficient (Wildman–Crippen LogP) is 4.47. The number of hydrogen-bond donors (Lipinski definition) is 1. The highest BCUT2D eigenvalue weighted by Crippen LogP contribution is 2.61. The molecular weight excluding hydrogens is 326 g/mol. The van der Waals surface area contributed by atoms with Gasteiger partial charge in [-0.2, -0.15) is 0 Å². The van der Waals surface area contributed by atoms with Crippen molar-refractivity contribution in [2.45, 2.75) is 57.5 Å². The number of ether oxygens (including phenoxy) is 1. The molecule has 26 heavy (non-hydrogen) atoms. The third-order valence-corrected chi connectivity index (χ3v) is 7.31. The van der Waals surface area contributed by atoms with Crippen LogP contribution in [0.3, 0.4) is 0 Å². The molecule has 1 N–H and O–H groups in total. The molecule has 2 saturated carbocycles. The topological polar surface area (TPSA) is 57.4 Å². The first-order valence-electron chi connectivity index (χ1n) is 9.92. The lowest BCUT2D eigenvalue weighted by molar-refractivity contribution is -0.0226. The number of aryl methyl sites for hydroxylation is 1. The van der Waals surface area contributed by atoms with Crippen molar-refractivity contribution in [3.63, 3.8) is 0 Å². The molecule has 0 bridgehead atoms. The van der Waals surface area contributed by atoms with E-state index in [1.54, 1.807) is 12.1 Å². The lowest BCUT2D eigenvalue weighted by Crippen LogP contribution is -2.43. The van der Waals surface area contributed by atoms with E-state index in [1.165, 1.54) is 24.0 Å². The maximum atomic E-state index is 10.6. The second-order valence-electron chi connectivity index (χ2n) is 8.81. The Balaban J connectivity index is 1.70. The van der Waals surface area contributed by atoms with Gasteiger partial charge in [-0.3, -0.25) is 5.01 Å². The predicted molar refractivity (Wildman–Crippen MR) is 102 cm³/mol. The van der Waals surface area contributed by atoms with Crippen LogP contribution in [-0.2, 0) is 6.42 Å². The van der Waals surface area contributed by atoms with Crippen LogP contribution in [0.5, 0.6) is 5.75 Å². The Morgan fingerprint density at radius 2 is 2.00 bits per heavy atom. The largest absolute Gasteiger partial charge is 0.494 e. The molecule has 0 aliphatic heterocycles. The van der Waals surface area contributed by atoms with Crippen molar-refractivity contribution >= 4 is 5.69 Å². The van der Waals surface area contributed by atoms with Crippen LogP contribution in [0.25, 0.3) is 0 Å². The fourth-order valence-electron chi connectivity index (χ4n) is 5.94. The van der Waals surface area contributed by atoms with E-state index in [2.05, 4.69) is 29.4 Å². The molecule has 1 aromatic rings. The lowest BCUT2D eigenvalue weighted by atomic mass is 9.55. The SMILES string of the molecule is COc1cc2c(cc1/N=N/N(C)C)C1CCC3(C)C(O)CCC3C1CC2. The van der Waals surface area contributed by atoms with Crippen molar-refractivity contribution in [1.29, 1.82) is 0 Å². The van der Waals surface area contributed by atoms with Crippen molar-refractivity contribution in [3.8, 4) is 5.75 Å². The Kier molecular flexibility index (Phi) is 4.46. The summed E-state index contributed by atoms with van der Waals surface area (Å²) in [5.41, 5.74) is 3.80. The number of rotatable bonds is 3. The summed E-state index contributed by atoms with van der Waals surface area (Å²) in [7, 11) is 5.45. The van der Waals surface area contributed by atoms with Crippen LogP contribution in [0.15, 0.2) is 22.5 Å². The van der Waals surface area contributed by atoms with Gasteiger partial charge in [-0.25, -0.2) is 0 Å². The molecule has 1 aromatic carbocycles. The molecule has 0 aromatic heterocycles. The smallest absolute Gasteiger partial charge is 0.146 e. The van der Waals surface area contributed by atoms with Crippen molar-refractivity contribution in [3.05, 3.63) is 23.3 Å². The van der Waals surface area contributed by atoms with Crippen LogP contribution in [0, 0.1) is 17.3 Å². The monoisotopic (exact) mass is 357 g/mol. The molecule has 5 unspecified atom stereocenters. The number of benzene rings is 1. The van der Waals surface area contributed by atoms with Crippen LogP contribution in [0.2, 0.25) is 0 Å².